The van der Waals surface area contributed by atoms with Gasteiger partial charge in [0.2, 0.25) is 0 Å². The van der Waals surface area contributed by atoms with Gasteiger partial charge >= 0.3 is 17.9 Å². The third-order valence-electron chi connectivity index (χ3n) is 11.9. The van der Waals surface area contributed by atoms with Gasteiger partial charge < -0.3 is 24.3 Å². The Labute approximate surface area is 449 Å². The van der Waals surface area contributed by atoms with Gasteiger partial charge in [-0.2, -0.15) is 15.3 Å². The second-order valence-corrected chi connectivity index (χ2v) is 18.1. The fourth-order valence-electron chi connectivity index (χ4n) is 7.65. The Hall–Kier alpha value is -9.17. The summed E-state index contributed by atoms with van der Waals surface area (Å²) in [6.45, 7) is 12.9. The van der Waals surface area contributed by atoms with Crippen LogP contribution in [0.5, 0.6) is 11.5 Å². The molecule has 0 saturated carbocycles. The van der Waals surface area contributed by atoms with Crippen LogP contribution in [0.4, 0.5) is 39.8 Å². The number of rotatable bonds is 23. The van der Waals surface area contributed by atoms with Crippen LogP contribution in [0, 0.1) is 6.92 Å². The van der Waals surface area contributed by atoms with Gasteiger partial charge in [0.1, 0.15) is 11.5 Å². The number of benzene rings is 8. The number of nitrogens with one attached hydrogen (secondary N) is 1. The van der Waals surface area contributed by atoms with Crippen molar-refractivity contribution >= 4 is 79.3 Å². The Balaban J connectivity index is 0.000000363. The van der Waals surface area contributed by atoms with E-state index in [9.17, 15) is 14.4 Å². The first-order valence-electron chi connectivity index (χ1n) is 25.7. The van der Waals surface area contributed by atoms with Gasteiger partial charge in [-0.1, -0.05) is 98.3 Å². The summed E-state index contributed by atoms with van der Waals surface area (Å²) in [7, 11) is 0. The third kappa shape index (κ3) is 17.5. The molecule has 0 saturated heterocycles. The van der Waals surface area contributed by atoms with E-state index in [0.29, 0.717) is 65.1 Å². The summed E-state index contributed by atoms with van der Waals surface area (Å²) >= 11 is 0. The normalized spacial score (nSPS) is 11.2. The van der Waals surface area contributed by atoms with E-state index in [-0.39, 0.29) is 17.9 Å². The minimum Gasteiger partial charge on any atom is -0.494 e. The van der Waals surface area contributed by atoms with E-state index in [1.807, 2.05) is 134 Å². The van der Waals surface area contributed by atoms with E-state index in [0.717, 1.165) is 89.4 Å². The third-order valence-corrected chi connectivity index (χ3v) is 11.9. The number of azo groups is 3. The van der Waals surface area contributed by atoms with Crippen LogP contribution in [0.25, 0.3) is 21.5 Å². The Morgan fingerprint density at radius 1 is 0.494 bits per heavy atom. The van der Waals surface area contributed by atoms with E-state index in [1.165, 1.54) is 12.5 Å². The summed E-state index contributed by atoms with van der Waals surface area (Å²) in [4.78, 5) is 34.5. The summed E-state index contributed by atoms with van der Waals surface area (Å²) in [6, 6.07) is 53.4. The van der Waals surface area contributed by atoms with Crippen LogP contribution < -0.4 is 14.8 Å². The van der Waals surface area contributed by atoms with Crippen LogP contribution in [0.2, 0.25) is 0 Å². The Bertz CT molecular complexity index is 3340. The van der Waals surface area contributed by atoms with Crippen molar-refractivity contribution in [1.82, 2.24) is 0 Å². The SMILES string of the molecule is C=C(C)C(=O)OCCCCCCOc1ccc(C)cc1.CCCCOC(=O)c1ccc(N=Nc2ccc(N=Nc3ccc(N=Nc4ccc(NCc5ccc(OC(C)=O)cc5)c5ccccc45)c4ccccc34)cc2)cc1. The maximum atomic E-state index is 12.1. The van der Waals surface area contributed by atoms with Gasteiger partial charge in [-0.3, -0.25) is 4.79 Å². The molecule has 0 radical (unpaired) electrons. The van der Waals surface area contributed by atoms with Gasteiger partial charge in [0.25, 0.3) is 0 Å². The zero-order valence-electron chi connectivity index (χ0n) is 44.0. The van der Waals surface area contributed by atoms with Crippen molar-refractivity contribution in [2.75, 3.05) is 25.1 Å². The van der Waals surface area contributed by atoms with Gasteiger partial charge in [0, 0.05) is 46.3 Å². The summed E-state index contributed by atoms with van der Waals surface area (Å²) in [5, 5.41) is 34.4. The largest absolute Gasteiger partial charge is 0.494 e. The lowest BCUT2D eigenvalue weighted by molar-refractivity contribution is -0.139. The Morgan fingerprint density at radius 2 is 0.974 bits per heavy atom. The Morgan fingerprint density at radius 3 is 1.53 bits per heavy atom. The number of carbonyl (C=O) groups is 3. The summed E-state index contributed by atoms with van der Waals surface area (Å²) in [5.41, 5.74) is 8.29. The lowest BCUT2D eigenvalue weighted by atomic mass is 10.1. The monoisotopic (exact) mass is 1030 g/mol. The molecule has 0 heterocycles. The zero-order valence-corrected chi connectivity index (χ0v) is 44.0. The number of fused-ring (bicyclic) bond motifs is 2. The molecule has 8 rings (SSSR count). The standard InChI is InChI=1S/C46H39N7O4.C17H24O3/c1-3-4-29-56-46(55)33-15-17-34(18-16-33)48-49-35-19-21-36(22-20-35)50-51-43-27-28-45(41-12-8-7-11-40(41)43)53-52-44-26-25-42(38-9-5-6-10-39(38)44)47-30-32-13-23-37(24-14-32)57-31(2)54;1-14(2)17(18)20-13-7-5-4-6-12-19-16-10-8-15(3)9-11-16/h5-28,47H,3-4,29-30H2,1-2H3;8-11H,1,4-7,12-13H2,2-3H3. The number of hydrogen-bond donors (Lipinski definition) is 1. The maximum Gasteiger partial charge on any atom is 0.338 e. The van der Waals surface area contributed by atoms with Gasteiger partial charge in [-0.25, -0.2) is 9.59 Å². The highest BCUT2D eigenvalue weighted by Gasteiger charge is 2.10. The molecule has 0 aliphatic heterocycles. The van der Waals surface area contributed by atoms with Gasteiger partial charge in [0.15, 0.2) is 0 Å². The van der Waals surface area contributed by atoms with Crippen LogP contribution in [0.3, 0.4) is 0 Å². The molecule has 0 bridgehead atoms. The van der Waals surface area contributed by atoms with Crippen molar-refractivity contribution in [2.24, 2.45) is 30.7 Å². The summed E-state index contributed by atoms with van der Waals surface area (Å²) in [5.74, 6) is 0.457. The molecule has 0 spiro atoms. The number of unbranched alkanes of at least 4 members (excludes halogenated alkanes) is 4. The first-order valence-corrected chi connectivity index (χ1v) is 25.7. The number of hydrogen-bond acceptors (Lipinski definition) is 14. The van der Waals surface area contributed by atoms with Crippen molar-refractivity contribution in [3.8, 4) is 11.5 Å². The van der Waals surface area contributed by atoms with E-state index >= 15 is 0 Å². The minimum atomic E-state index is -0.345. The smallest absolute Gasteiger partial charge is 0.338 e. The highest BCUT2D eigenvalue weighted by Crippen LogP contribution is 2.38. The van der Waals surface area contributed by atoms with Crippen LogP contribution >= 0.6 is 0 Å². The minimum absolute atomic E-state index is 0.298. The fourth-order valence-corrected chi connectivity index (χ4v) is 7.65. The molecular formula is C63H63N7O7. The van der Waals surface area contributed by atoms with Crippen LogP contribution in [0.15, 0.2) is 213 Å². The molecule has 0 unspecified atom stereocenters. The molecule has 0 fully saturated rings. The van der Waals surface area contributed by atoms with Crippen LogP contribution in [0.1, 0.15) is 80.8 Å². The molecule has 1 N–H and O–H groups in total. The number of anilines is 1. The van der Waals surface area contributed by atoms with E-state index in [4.69, 9.17) is 29.2 Å². The summed E-state index contributed by atoms with van der Waals surface area (Å²) < 4.78 is 21.1. The van der Waals surface area contributed by atoms with E-state index < -0.39 is 0 Å². The van der Waals surface area contributed by atoms with Gasteiger partial charge in [-0.15, -0.1) is 15.3 Å². The number of aryl methyl sites for hydroxylation is 1. The predicted octanol–water partition coefficient (Wildman–Crippen LogP) is 17.8. The topological polar surface area (TPSA) is 174 Å². The zero-order chi connectivity index (χ0) is 54.2. The molecule has 14 heteroatoms. The van der Waals surface area contributed by atoms with Crippen molar-refractivity contribution < 1.29 is 33.3 Å². The van der Waals surface area contributed by atoms with Crippen molar-refractivity contribution in [3.63, 3.8) is 0 Å². The molecule has 77 heavy (non-hydrogen) atoms. The fraction of sp³-hybridized carbons (Fsp3) is 0.222. The van der Waals surface area contributed by atoms with Crippen LogP contribution in [-0.4, -0.2) is 37.7 Å². The average Bonchev–Trinajstić information content (AvgIpc) is 3.45. The lowest BCUT2D eigenvalue weighted by Gasteiger charge is -2.12. The van der Waals surface area contributed by atoms with Crippen molar-refractivity contribution in [2.45, 2.75) is 72.8 Å². The maximum absolute atomic E-state index is 12.1. The molecule has 0 atom stereocenters. The molecule has 0 aliphatic rings. The average molecular weight is 1030 g/mol. The molecule has 0 aromatic heterocycles. The van der Waals surface area contributed by atoms with Crippen LogP contribution in [-0.2, 0) is 25.6 Å². The van der Waals surface area contributed by atoms with Crippen molar-refractivity contribution in [3.05, 3.63) is 199 Å². The molecule has 0 amide bonds. The van der Waals surface area contributed by atoms with Gasteiger partial charge in [0.05, 0.1) is 59.5 Å². The number of nitrogens with zero attached hydrogens (tertiary/aromatic N) is 6. The number of esters is 3. The number of ether oxygens (including phenoxy) is 4. The molecule has 8 aromatic rings. The van der Waals surface area contributed by atoms with Gasteiger partial charge in [-0.05, 0) is 149 Å². The second kappa shape index (κ2) is 29.1. The molecule has 14 nitrogen and oxygen atoms in total. The molecule has 392 valence electrons. The summed E-state index contributed by atoms with van der Waals surface area (Å²) in [6.07, 6.45) is 5.84. The lowest BCUT2D eigenvalue weighted by Crippen LogP contribution is -2.06. The number of carbonyl (C=O) groups excluding carboxylic acids is 3. The molecule has 0 aliphatic carbocycles. The molecular weight excluding hydrogens is 967 g/mol. The Kier molecular flexibility index (Phi) is 21.0. The first kappa shape index (κ1) is 55.6. The predicted molar refractivity (Wildman–Crippen MR) is 304 cm³/mol. The quantitative estimate of drug-likeness (QED) is 0.0216. The second-order valence-electron chi connectivity index (χ2n) is 18.1. The first-order chi connectivity index (χ1) is 37.5. The van der Waals surface area contributed by atoms with Crippen molar-refractivity contribution in [1.29, 1.82) is 0 Å². The molecule has 8 aromatic carbocycles. The van der Waals surface area contributed by atoms with E-state index in [2.05, 4.69) is 45.3 Å². The van der Waals surface area contributed by atoms with E-state index in [1.54, 1.807) is 43.3 Å². The highest BCUT2D eigenvalue weighted by molar-refractivity contribution is 6.02. The highest BCUT2D eigenvalue weighted by atomic mass is 16.5.